The van der Waals surface area contributed by atoms with E-state index >= 15 is 0 Å². The summed E-state index contributed by atoms with van der Waals surface area (Å²) < 4.78 is 0. The summed E-state index contributed by atoms with van der Waals surface area (Å²) in [4.78, 5) is 20.8. The Morgan fingerprint density at radius 3 is 2.58 bits per heavy atom. The van der Waals surface area contributed by atoms with Crippen molar-refractivity contribution in [3.05, 3.63) is 77.5 Å². The third-order valence-corrected chi connectivity index (χ3v) is 4.56. The van der Waals surface area contributed by atoms with E-state index in [4.69, 9.17) is 5.73 Å². The predicted octanol–water partition coefficient (Wildman–Crippen LogP) is 3.69. The first kappa shape index (κ1) is 17.9. The van der Waals surface area contributed by atoms with Gasteiger partial charge in [-0.25, -0.2) is 9.97 Å². The van der Waals surface area contributed by atoms with Gasteiger partial charge >= 0.3 is 0 Å². The third-order valence-electron chi connectivity index (χ3n) is 3.71. The predicted molar refractivity (Wildman–Crippen MR) is 106 cm³/mol. The van der Waals surface area contributed by atoms with Crippen molar-refractivity contribution in [3.63, 3.8) is 0 Å². The molecule has 0 saturated carbocycles. The van der Waals surface area contributed by atoms with E-state index < -0.39 is 0 Å². The van der Waals surface area contributed by atoms with Crippen molar-refractivity contribution in [1.29, 1.82) is 0 Å². The lowest BCUT2D eigenvalue weighted by molar-refractivity contribution is -0.113. The number of nitrogens with zero attached hydrogens (tertiary/aromatic N) is 2. The number of para-hydroxylation sites is 1. The van der Waals surface area contributed by atoms with E-state index in [-0.39, 0.29) is 11.7 Å². The average Bonchev–Trinajstić information content (AvgIpc) is 2.62. The maximum Gasteiger partial charge on any atom is 0.234 e. The molecule has 0 spiro atoms. The van der Waals surface area contributed by atoms with Crippen LogP contribution in [0.25, 0.3) is 0 Å². The average molecular weight is 364 g/mol. The number of carbonyl (C=O) groups is 1. The van der Waals surface area contributed by atoms with Gasteiger partial charge in [0.2, 0.25) is 5.91 Å². The van der Waals surface area contributed by atoms with Crippen molar-refractivity contribution < 1.29 is 4.79 Å². The Morgan fingerprint density at radius 2 is 1.81 bits per heavy atom. The smallest absolute Gasteiger partial charge is 0.234 e. The van der Waals surface area contributed by atoms with Gasteiger partial charge in [-0.05, 0) is 30.5 Å². The third kappa shape index (κ3) is 5.07. The number of aromatic nitrogens is 2. The molecule has 0 fully saturated rings. The molecule has 3 rings (SSSR count). The number of hydrogen-bond acceptors (Lipinski definition) is 5. The summed E-state index contributed by atoms with van der Waals surface area (Å²) in [6.07, 6.45) is 0.766. The van der Waals surface area contributed by atoms with Crippen molar-refractivity contribution in [2.45, 2.75) is 18.5 Å². The van der Waals surface area contributed by atoms with E-state index in [1.165, 1.54) is 17.3 Å². The SMILES string of the molecule is Cc1cc(N)nc(SCC(=O)Nc2ccccc2Cc2ccccc2)n1. The summed E-state index contributed by atoms with van der Waals surface area (Å²) in [6, 6.07) is 19.7. The van der Waals surface area contributed by atoms with Gasteiger partial charge in [0.05, 0.1) is 5.75 Å². The zero-order valence-electron chi connectivity index (χ0n) is 14.5. The number of aryl methyl sites for hydroxylation is 1. The second kappa shape index (κ2) is 8.49. The van der Waals surface area contributed by atoms with Crippen LogP contribution >= 0.6 is 11.8 Å². The Labute approximate surface area is 157 Å². The Bertz CT molecular complexity index is 879. The van der Waals surface area contributed by atoms with Crippen molar-refractivity contribution in [1.82, 2.24) is 9.97 Å². The van der Waals surface area contributed by atoms with Crippen molar-refractivity contribution >= 4 is 29.2 Å². The monoisotopic (exact) mass is 364 g/mol. The zero-order chi connectivity index (χ0) is 18.4. The lowest BCUT2D eigenvalue weighted by atomic mass is 10.0. The minimum absolute atomic E-state index is 0.0980. The molecule has 0 aliphatic heterocycles. The number of nitrogens with two attached hydrogens (primary N) is 1. The molecule has 5 nitrogen and oxygen atoms in total. The number of nitrogen functional groups attached to an aromatic ring is 1. The molecule has 0 bridgehead atoms. The van der Waals surface area contributed by atoms with Gasteiger partial charge in [-0.3, -0.25) is 4.79 Å². The van der Waals surface area contributed by atoms with E-state index in [1.54, 1.807) is 6.07 Å². The van der Waals surface area contributed by atoms with Gasteiger partial charge in [0.1, 0.15) is 5.82 Å². The van der Waals surface area contributed by atoms with Gasteiger partial charge in [-0.1, -0.05) is 60.3 Å². The zero-order valence-corrected chi connectivity index (χ0v) is 15.3. The van der Waals surface area contributed by atoms with Crippen LogP contribution in [0.15, 0.2) is 65.8 Å². The Kier molecular flexibility index (Phi) is 5.86. The molecule has 1 heterocycles. The lowest BCUT2D eigenvalue weighted by Crippen LogP contribution is -2.15. The van der Waals surface area contributed by atoms with Crippen LogP contribution in [0.2, 0.25) is 0 Å². The summed E-state index contributed by atoms with van der Waals surface area (Å²) in [7, 11) is 0. The summed E-state index contributed by atoms with van der Waals surface area (Å²) in [5, 5.41) is 3.49. The quantitative estimate of drug-likeness (QED) is 0.515. The van der Waals surface area contributed by atoms with Gasteiger partial charge < -0.3 is 11.1 Å². The number of amides is 1. The molecule has 0 atom stereocenters. The van der Waals surface area contributed by atoms with Gasteiger partial charge in [-0.2, -0.15) is 0 Å². The number of benzene rings is 2. The van der Waals surface area contributed by atoms with Crippen LogP contribution in [0.4, 0.5) is 11.5 Å². The van der Waals surface area contributed by atoms with Crippen molar-refractivity contribution in [2.24, 2.45) is 0 Å². The first-order valence-electron chi connectivity index (χ1n) is 8.26. The fourth-order valence-corrected chi connectivity index (χ4v) is 3.27. The number of nitrogens with one attached hydrogen (secondary N) is 1. The molecule has 1 aromatic heterocycles. The number of anilines is 2. The Hall–Kier alpha value is -2.86. The molecule has 132 valence electrons. The van der Waals surface area contributed by atoms with Crippen LogP contribution in [-0.2, 0) is 11.2 Å². The minimum atomic E-state index is -0.0980. The van der Waals surface area contributed by atoms with Gasteiger partial charge in [0.25, 0.3) is 0 Å². The highest BCUT2D eigenvalue weighted by Gasteiger charge is 2.09. The summed E-state index contributed by atoms with van der Waals surface area (Å²) in [6.45, 7) is 1.85. The highest BCUT2D eigenvalue weighted by molar-refractivity contribution is 7.99. The molecule has 0 radical (unpaired) electrons. The lowest BCUT2D eigenvalue weighted by Gasteiger charge is -2.11. The van der Waals surface area contributed by atoms with E-state index in [0.717, 1.165) is 23.4 Å². The van der Waals surface area contributed by atoms with E-state index in [9.17, 15) is 4.79 Å². The van der Waals surface area contributed by atoms with Gasteiger partial charge in [0, 0.05) is 17.4 Å². The van der Waals surface area contributed by atoms with Crippen LogP contribution < -0.4 is 11.1 Å². The van der Waals surface area contributed by atoms with E-state index in [0.29, 0.717) is 11.0 Å². The van der Waals surface area contributed by atoms with Crippen molar-refractivity contribution in [3.8, 4) is 0 Å². The first-order valence-corrected chi connectivity index (χ1v) is 9.24. The number of thioether (sulfide) groups is 1. The normalized spacial score (nSPS) is 10.5. The van der Waals surface area contributed by atoms with E-state index in [1.807, 2.05) is 49.4 Å². The Morgan fingerprint density at radius 1 is 1.08 bits per heavy atom. The number of rotatable bonds is 6. The largest absolute Gasteiger partial charge is 0.384 e. The maximum absolute atomic E-state index is 12.3. The molecule has 6 heteroatoms. The highest BCUT2D eigenvalue weighted by atomic mass is 32.2. The standard InChI is InChI=1S/C20H20N4OS/c1-14-11-18(21)24-20(22-14)26-13-19(25)23-17-10-6-5-9-16(17)12-15-7-3-2-4-8-15/h2-11H,12-13H2,1H3,(H,23,25)(H2,21,22,24). The molecule has 0 aliphatic carbocycles. The van der Waals surface area contributed by atoms with Crippen molar-refractivity contribution in [2.75, 3.05) is 16.8 Å². The molecule has 26 heavy (non-hydrogen) atoms. The fourth-order valence-electron chi connectivity index (χ4n) is 2.56. The molecule has 1 amide bonds. The summed E-state index contributed by atoms with van der Waals surface area (Å²) >= 11 is 1.27. The molecule has 2 aromatic carbocycles. The van der Waals surface area contributed by atoms with Gasteiger partial charge in [-0.15, -0.1) is 0 Å². The molecule has 3 aromatic rings. The highest BCUT2D eigenvalue weighted by Crippen LogP contribution is 2.20. The second-order valence-electron chi connectivity index (χ2n) is 5.87. The van der Waals surface area contributed by atoms with Crippen LogP contribution in [-0.4, -0.2) is 21.6 Å². The van der Waals surface area contributed by atoms with Crippen LogP contribution in [0.5, 0.6) is 0 Å². The summed E-state index contributed by atoms with van der Waals surface area (Å²) in [5.74, 6) is 0.538. The van der Waals surface area contributed by atoms with E-state index in [2.05, 4.69) is 27.4 Å². The molecular formula is C20H20N4OS. The first-order chi connectivity index (χ1) is 12.6. The summed E-state index contributed by atoms with van der Waals surface area (Å²) in [5.41, 5.74) is 9.61. The second-order valence-corrected chi connectivity index (χ2v) is 6.82. The maximum atomic E-state index is 12.3. The molecule has 0 unspecified atom stereocenters. The fraction of sp³-hybridized carbons (Fsp3) is 0.150. The van der Waals surface area contributed by atoms with Crippen LogP contribution in [0.1, 0.15) is 16.8 Å². The number of carbonyl (C=O) groups excluding carboxylic acids is 1. The van der Waals surface area contributed by atoms with Crippen LogP contribution in [0.3, 0.4) is 0 Å². The minimum Gasteiger partial charge on any atom is -0.384 e. The number of hydrogen-bond donors (Lipinski definition) is 2. The Balaban J connectivity index is 1.64. The molecular weight excluding hydrogens is 344 g/mol. The van der Waals surface area contributed by atoms with Gasteiger partial charge in [0.15, 0.2) is 5.16 Å². The topological polar surface area (TPSA) is 80.9 Å². The molecule has 0 aliphatic rings. The van der Waals surface area contributed by atoms with Crippen LogP contribution in [0, 0.1) is 6.92 Å². The molecule has 0 saturated heterocycles. The molecule has 3 N–H and O–H groups in total.